The van der Waals surface area contributed by atoms with Crippen LogP contribution in [0.25, 0.3) is 11.1 Å². The molecule has 0 radical (unpaired) electrons. The Morgan fingerprint density at radius 1 is 1.25 bits per heavy atom. The van der Waals surface area contributed by atoms with Gasteiger partial charge in [-0.1, -0.05) is 0 Å². The van der Waals surface area contributed by atoms with Crippen LogP contribution in [0.5, 0.6) is 0 Å². The summed E-state index contributed by atoms with van der Waals surface area (Å²) in [5.41, 5.74) is 7.85. The molecule has 0 spiro atoms. The standard InChI is InChI=1S/C12H8FN3/c13-10-1-2-11(12(15)4-10)9-3-8(5-14)6-16-7-9/h1-4,6-7H,15H2. The van der Waals surface area contributed by atoms with Crippen LogP contribution in [-0.4, -0.2) is 4.98 Å². The van der Waals surface area contributed by atoms with Gasteiger partial charge in [-0.25, -0.2) is 4.39 Å². The predicted octanol–water partition coefficient (Wildman–Crippen LogP) is 2.34. The van der Waals surface area contributed by atoms with E-state index in [1.165, 1.54) is 18.3 Å². The number of rotatable bonds is 1. The lowest BCUT2D eigenvalue weighted by Gasteiger charge is -2.05. The molecule has 0 unspecified atom stereocenters. The van der Waals surface area contributed by atoms with Gasteiger partial charge in [0.25, 0.3) is 0 Å². The van der Waals surface area contributed by atoms with Gasteiger partial charge in [-0.05, 0) is 24.3 Å². The highest BCUT2D eigenvalue weighted by molar-refractivity contribution is 5.76. The van der Waals surface area contributed by atoms with Crippen molar-refractivity contribution in [3.05, 3.63) is 48.0 Å². The van der Waals surface area contributed by atoms with Crippen molar-refractivity contribution in [1.29, 1.82) is 5.26 Å². The van der Waals surface area contributed by atoms with Crippen LogP contribution in [0.1, 0.15) is 5.56 Å². The Kier molecular flexibility index (Phi) is 2.52. The fourth-order valence-corrected chi connectivity index (χ4v) is 1.44. The highest BCUT2D eigenvalue weighted by atomic mass is 19.1. The molecule has 78 valence electrons. The van der Waals surface area contributed by atoms with Crippen molar-refractivity contribution in [1.82, 2.24) is 4.98 Å². The van der Waals surface area contributed by atoms with E-state index in [1.807, 2.05) is 6.07 Å². The topological polar surface area (TPSA) is 62.7 Å². The first-order chi connectivity index (χ1) is 7.70. The molecule has 2 aromatic rings. The summed E-state index contributed by atoms with van der Waals surface area (Å²) in [4.78, 5) is 3.92. The summed E-state index contributed by atoms with van der Waals surface area (Å²) in [6.07, 6.45) is 3.05. The number of halogens is 1. The number of hydrogen-bond acceptors (Lipinski definition) is 3. The smallest absolute Gasteiger partial charge is 0.125 e. The van der Waals surface area contributed by atoms with Crippen LogP contribution >= 0.6 is 0 Å². The van der Waals surface area contributed by atoms with E-state index >= 15 is 0 Å². The van der Waals surface area contributed by atoms with Crippen LogP contribution in [-0.2, 0) is 0 Å². The second kappa shape index (κ2) is 3.99. The van der Waals surface area contributed by atoms with E-state index in [4.69, 9.17) is 11.0 Å². The summed E-state index contributed by atoms with van der Waals surface area (Å²) in [5.74, 6) is -0.384. The van der Waals surface area contributed by atoms with Gasteiger partial charge in [0.05, 0.1) is 5.56 Å². The zero-order valence-corrected chi connectivity index (χ0v) is 8.31. The van der Waals surface area contributed by atoms with Gasteiger partial charge in [0.15, 0.2) is 0 Å². The lowest BCUT2D eigenvalue weighted by Crippen LogP contribution is -1.92. The average molecular weight is 213 g/mol. The van der Waals surface area contributed by atoms with Gasteiger partial charge in [0.2, 0.25) is 0 Å². The zero-order valence-electron chi connectivity index (χ0n) is 8.31. The lowest BCUT2D eigenvalue weighted by molar-refractivity contribution is 0.628. The van der Waals surface area contributed by atoms with Crippen molar-refractivity contribution in [2.75, 3.05) is 5.73 Å². The number of benzene rings is 1. The molecular weight excluding hydrogens is 205 g/mol. The Morgan fingerprint density at radius 2 is 2.06 bits per heavy atom. The van der Waals surface area contributed by atoms with Gasteiger partial charge in [-0.2, -0.15) is 5.26 Å². The van der Waals surface area contributed by atoms with E-state index in [0.29, 0.717) is 22.4 Å². The summed E-state index contributed by atoms with van der Waals surface area (Å²) in [5, 5.41) is 8.74. The third-order valence-electron chi connectivity index (χ3n) is 2.19. The number of nitriles is 1. The van der Waals surface area contributed by atoms with Crippen LogP contribution in [0.3, 0.4) is 0 Å². The summed E-state index contributed by atoms with van der Waals surface area (Å²) in [6, 6.07) is 7.79. The maximum absolute atomic E-state index is 12.9. The van der Waals surface area contributed by atoms with Crippen molar-refractivity contribution >= 4 is 5.69 Å². The molecule has 0 bridgehead atoms. The van der Waals surface area contributed by atoms with Gasteiger partial charge >= 0.3 is 0 Å². The molecule has 0 aliphatic carbocycles. The third kappa shape index (κ3) is 1.84. The number of nitrogens with zero attached hydrogens (tertiary/aromatic N) is 2. The largest absolute Gasteiger partial charge is 0.398 e. The molecule has 1 aromatic heterocycles. The average Bonchev–Trinajstić information content (AvgIpc) is 2.29. The molecule has 1 aromatic carbocycles. The number of anilines is 1. The lowest BCUT2D eigenvalue weighted by atomic mass is 10.0. The van der Waals surface area contributed by atoms with Crippen molar-refractivity contribution < 1.29 is 4.39 Å². The first-order valence-corrected chi connectivity index (χ1v) is 4.61. The summed E-state index contributed by atoms with van der Waals surface area (Å²) < 4.78 is 12.9. The molecule has 0 saturated carbocycles. The van der Waals surface area contributed by atoms with E-state index in [-0.39, 0.29) is 5.82 Å². The molecule has 4 heteroatoms. The molecule has 0 aliphatic rings. The van der Waals surface area contributed by atoms with Gasteiger partial charge in [-0.15, -0.1) is 0 Å². The van der Waals surface area contributed by atoms with Crippen molar-refractivity contribution in [2.45, 2.75) is 0 Å². The third-order valence-corrected chi connectivity index (χ3v) is 2.19. The second-order valence-electron chi connectivity index (χ2n) is 3.31. The van der Waals surface area contributed by atoms with Crippen LogP contribution in [0.2, 0.25) is 0 Å². The van der Waals surface area contributed by atoms with E-state index < -0.39 is 0 Å². The van der Waals surface area contributed by atoms with Gasteiger partial charge < -0.3 is 5.73 Å². The second-order valence-corrected chi connectivity index (χ2v) is 3.31. The molecule has 3 nitrogen and oxygen atoms in total. The first-order valence-electron chi connectivity index (χ1n) is 4.61. The number of nitrogens with two attached hydrogens (primary N) is 1. The highest BCUT2D eigenvalue weighted by Crippen LogP contribution is 2.26. The minimum atomic E-state index is -0.384. The van der Waals surface area contributed by atoms with Crippen molar-refractivity contribution in [2.24, 2.45) is 0 Å². The molecule has 0 atom stereocenters. The Balaban J connectivity index is 2.55. The Morgan fingerprint density at radius 3 is 2.75 bits per heavy atom. The van der Waals surface area contributed by atoms with Crippen LogP contribution in [0.15, 0.2) is 36.7 Å². The van der Waals surface area contributed by atoms with Crippen molar-refractivity contribution in [3.8, 4) is 17.2 Å². The fourth-order valence-electron chi connectivity index (χ4n) is 1.44. The number of aromatic nitrogens is 1. The molecule has 2 rings (SSSR count). The molecule has 16 heavy (non-hydrogen) atoms. The van der Waals surface area contributed by atoms with Crippen LogP contribution in [0.4, 0.5) is 10.1 Å². The number of hydrogen-bond donors (Lipinski definition) is 1. The molecule has 0 saturated heterocycles. The van der Waals surface area contributed by atoms with Crippen LogP contribution in [0, 0.1) is 17.1 Å². The van der Waals surface area contributed by atoms with Gasteiger partial charge in [-0.3, -0.25) is 4.98 Å². The Labute approximate surface area is 92.0 Å². The molecule has 0 fully saturated rings. The molecule has 1 heterocycles. The molecule has 0 aliphatic heterocycles. The Bertz CT molecular complexity index is 573. The van der Waals surface area contributed by atoms with E-state index in [9.17, 15) is 4.39 Å². The molecular formula is C12H8FN3. The highest BCUT2D eigenvalue weighted by Gasteiger charge is 2.05. The maximum atomic E-state index is 12.9. The van der Waals surface area contributed by atoms with E-state index in [0.717, 1.165) is 0 Å². The number of pyridine rings is 1. The maximum Gasteiger partial charge on any atom is 0.125 e. The Hall–Kier alpha value is -2.41. The normalized spacial score (nSPS) is 9.75. The van der Waals surface area contributed by atoms with Gasteiger partial charge in [0, 0.05) is 29.2 Å². The monoisotopic (exact) mass is 213 g/mol. The van der Waals surface area contributed by atoms with Crippen molar-refractivity contribution in [3.63, 3.8) is 0 Å². The fraction of sp³-hybridized carbons (Fsp3) is 0. The molecule has 0 amide bonds. The summed E-state index contributed by atoms with van der Waals surface area (Å²) in [7, 11) is 0. The van der Waals surface area contributed by atoms with Crippen LogP contribution < -0.4 is 5.73 Å². The number of nitrogen functional groups attached to an aromatic ring is 1. The minimum absolute atomic E-state index is 0.330. The summed E-state index contributed by atoms with van der Waals surface area (Å²) in [6.45, 7) is 0. The van der Waals surface area contributed by atoms with E-state index in [1.54, 1.807) is 18.3 Å². The minimum Gasteiger partial charge on any atom is -0.398 e. The SMILES string of the molecule is N#Cc1cncc(-c2ccc(F)cc2N)c1. The zero-order chi connectivity index (χ0) is 11.5. The predicted molar refractivity (Wildman–Crippen MR) is 58.8 cm³/mol. The van der Waals surface area contributed by atoms with Gasteiger partial charge in [0.1, 0.15) is 11.9 Å². The molecule has 2 N–H and O–H groups in total. The quantitative estimate of drug-likeness (QED) is 0.739. The van der Waals surface area contributed by atoms with E-state index in [2.05, 4.69) is 4.98 Å². The summed E-state index contributed by atoms with van der Waals surface area (Å²) >= 11 is 0. The first kappa shape index (κ1) is 10.1.